The molecule has 0 bridgehead atoms. The number of fused-ring (bicyclic) bond motifs is 1. The van der Waals surface area contributed by atoms with Crippen LogP contribution < -0.4 is 5.32 Å². The standard InChI is InChI=1S/C22H22N2O2S/c1-14-19(22(26)23-13-15-7-3-2-4-8-15)21(18-11-6-12-27-18)20-16(24-14)9-5-10-17(20)25/h2-4,6-8,11-12,20-21H,5,9-10,13H2,1H3,(H,23,26). The van der Waals surface area contributed by atoms with Gasteiger partial charge in [-0.2, -0.15) is 0 Å². The summed E-state index contributed by atoms with van der Waals surface area (Å²) in [6, 6.07) is 13.8. The summed E-state index contributed by atoms with van der Waals surface area (Å²) in [6.45, 7) is 2.35. The normalized spacial score (nSPS) is 22.3. The van der Waals surface area contributed by atoms with Gasteiger partial charge in [-0.25, -0.2) is 0 Å². The molecule has 1 aliphatic heterocycles. The van der Waals surface area contributed by atoms with Gasteiger partial charge in [0, 0.05) is 40.7 Å². The number of thiophene rings is 1. The van der Waals surface area contributed by atoms with Gasteiger partial charge in [-0.05, 0) is 36.8 Å². The number of nitrogens with one attached hydrogen (secondary N) is 1. The van der Waals surface area contributed by atoms with Crippen molar-refractivity contribution in [1.82, 2.24) is 5.32 Å². The molecule has 2 aliphatic rings. The van der Waals surface area contributed by atoms with Crippen LogP contribution in [-0.2, 0) is 16.1 Å². The first-order valence-corrected chi connectivity index (χ1v) is 10.2. The number of ketones is 1. The third kappa shape index (κ3) is 3.52. The molecule has 1 aliphatic carbocycles. The second-order valence-electron chi connectivity index (χ2n) is 7.06. The Morgan fingerprint density at radius 1 is 1.15 bits per heavy atom. The van der Waals surface area contributed by atoms with Crippen LogP contribution in [0.25, 0.3) is 0 Å². The highest BCUT2D eigenvalue weighted by molar-refractivity contribution is 7.10. The lowest BCUT2D eigenvalue weighted by molar-refractivity contribution is -0.122. The van der Waals surface area contributed by atoms with Crippen LogP contribution in [0.2, 0.25) is 0 Å². The van der Waals surface area contributed by atoms with Gasteiger partial charge < -0.3 is 5.32 Å². The summed E-state index contributed by atoms with van der Waals surface area (Å²) in [4.78, 5) is 31.6. The van der Waals surface area contributed by atoms with Gasteiger partial charge in [0.05, 0.1) is 5.92 Å². The van der Waals surface area contributed by atoms with Crippen LogP contribution in [0.15, 0.2) is 64.1 Å². The number of carbonyl (C=O) groups is 2. The van der Waals surface area contributed by atoms with Crippen molar-refractivity contribution in [3.63, 3.8) is 0 Å². The first-order valence-electron chi connectivity index (χ1n) is 9.31. The Balaban J connectivity index is 1.68. The lowest BCUT2D eigenvalue weighted by atomic mass is 9.71. The summed E-state index contributed by atoms with van der Waals surface area (Å²) in [5, 5.41) is 5.03. The van der Waals surface area contributed by atoms with Gasteiger partial charge in [0.25, 0.3) is 0 Å². The SMILES string of the molecule is CC1=C(C(=O)NCc2ccccc2)C(c2cccs2)C2C(=O)CCCC2=N1. The van der Waals surface area contributed by atoms with E-state index in [9.17, 15) is 9.59 Å². The number of allylic oxidation sites excluding steroid dienone is 1. The van der Waals surface area contributed by atoms with E-state index in [1.807, 2.05) is 54.8 Å². The van der Waals surface area contributed by atoms with E-state index in [2.05, 4.69) is 5.32 Å². The summed E-state index contributed by atoms with van der Waals surface area (Å²) in [7, 11) is 0. The van der Waals surface area contributed by atoms with Gasteiger partial charge in [0.15, 0.2) is 0 Å². The van der Waals surface area contributed by atoms with Crippen LogP contribution in [0.5, 0.6) is 0 Å². The second-order valence-corrected chi connectivity index (χ2v) is 8.04. The van der Waals surface area contributed by atoms with Crippen LogP contribution in [0.4, 0.5) is 0 Å². The summed E-state index contributed by atoms with van der Waals surface area (Å²) in [6.07, 6.45) is 2.27. The molecule has 2 unspecified atom stereocenters. The van der Waals surface area contributed by atoms with Gasteiger partial charge in [-0.3, -0.25) is 14.6 Å². The number of Topliss-reactive ketones (excluding diaryl/α,β-unsaturated/α-hetero) is 1. The molecule has 0 spiro atoms. The van der Waals surface area contributed by atoms with Crippen LogP contribution >= 0.6 is 11.3 Å². The molecule has 27 heavy (non-hydrogen) atoms. The van der Waals surface area contributed by atoms with E-state index in [-0.39, 0.29) is 23.5 Å². The predicted octanol–water partition coefficient (Wildman–Crippen LogP) is 4.25. The molecule has 1 saturated carbocycles. The van der Waals surface area contributed by atoms with Gasteiger partial charge in [0.1, 0.15) is 5.78 Å². The van der Waals surface area contributed by atoms with Crippen molar-refractivity contribution in [3.8, 4) is 0 Å². The molecule has 2 atom stereocenters. The predicted molar refractivity (Wildman–Crippen MR) is 108 cm³/mol. The molecule has 1 aromatic heterocycles. The number of hydrogen-bond donors (Lipinski definition) is 1. The number of hydrogen-bond acceptors (Lipinski definition) is 4. The molecule has 1 amide bonds. The minimum absolute atomic E-state index is 0.129. The van der Waals surface area contributed by atoms with E-state index in [0.29, 0.717) is 18.5 Å². The zero-order chi connectivity index (χ0) is 18.8. The maximum absolute atomic E-state index is 13.1. The molecule has 0 radical (unpaired) electrons. The number of benzene rings is 1. The van der Waals surface area contributed by atoms with Crippen LogP contribution in [0, 0.1) is 5.92 Å². The molecule has 0 saturated heterocycles. The van der Waals surface area contributed by atoms with E-state index >= 15 is 0 Å². The fourth-order valence-corrected chi connectivity index (χ4v) is 4.94. The molecule has 138 valence electrons. The van der Waals surface area contributed by atoms with Crippen molar-refractivity contribution in [2.24, 2.45) is 10.9 Å². The van der Waals surface area contributed by atoms with Crippen LogP contribution in [0.3, 0.4) is 0 Å². The first kappa shape index (κ1) is 17.9. The summed E-state index contributed by atoms with van der Waals surface area (Å²) < 4.78 is 0. The minimum atomic E-state index is -0.293. The fraction of sp³-hybridized carbons (Fsp3) is 0.318. The topological polar surface area (TPSA) is 58.5 Å². The van der Waals surface area contributed by atoms with Crippen molar-refractivity contribution in [2.75, 3.05) is 0 Å². The second kappa shape index (κ2) is 7.61. The Morgan fingerprint density at radius 3 is 2.70 bits per heavy atom. The number of rotatable bonds is 4. The van der Waals surface area contributed by atoms with Crippen molar-refractivity contribution in [1.29, 1.82) is 0 Å². The molecule has 1 N–H and O–H groups in total. The maximum atomic E-state index is 13.1. The average molecular weight is 378 g/mol. The van der Waals surface area contributed by atoms with Crippen molar-refractivity contribution < 1.29 is 9.59 Å². The number of nitrogens with zero attached hydrogens (tertiary/aromatic N) is 1. The van der Waals surface area contributed by atoms with Gasteiger partial charge in [0.2, 0.25) is 5.91 Å². The number of aliphatic imine (C=N–C) groups is 1. The molecule has 5 heteroatoms. The molecular formula is C22H22N2O2S. The largest absolute Gasteiger partial charge is 0.348 e. The Hall–Kier alpha value is -2.53. The highest BCUT2D eigenvalue weighted by atomic mass is 32.1. The highest BCUT2D eigenvalue weighted by Crippen LogP contribution is 2.44. The summed E-state index contributed by atoms with van der Waals surface area (Å²) >= 11 is 1.60. The molecule has 2 aromatic rings. The van der Waals surface area contributed by atoms with E-state index in [1.54, 1.807) is 11.3 Å². The van der Waals surface area contributed by atoms with Crippen molar-refractivity contribution in [2.45, 2.75) is 38.6 Å². The Bertz CT molecular complexity index is 913. The Labute approximate surface area is 163 Å². The first-order chi connectivity index (χ1) is 13.1. The quantitative estimate of drug-likeness (QED) is 0.865. The summed E-state index contributed by atoms with van der Waals surface area (Å²) in [5.41, 5.74) is 3.37. The molecular weight excluding hydrogens is 356 g/mol. The number of carbonyl (C=O) groups excluding carboxylic acids is 2. The van der Waals surface area contributed by atoms with Gasteiger partial charge >= 0.3 is 0 Å². The summed E-state index contributed by atoms with van der Waals surface area (Å²) in [5.74, 6) is -0.435. The van der Waals surface area contributed by atoms with Crippen molar-refractivity contribution >= 4 is 28.7 Å². The molecule has 4 nitrogen and oxygen atoms in total. The zero-order valence-corrected chi connectivity index (χ0v) is 16.1. The maximum Gasteiger partial charge on any atom is 0.249 e. The molecule has 2 heterocycles. The van der Waals surface area contributed by atoms with E-state index in [4.69, 9.17) is 4.99 Å². The zero-order valence-electron chi connectivity index (χ0n) is 15.3. The Morgan fingerprint density at radius 2 is 1.96 bits per heavy atom. The van der Waals surface area contributed by atoms with E-state index in [0.717, 1.165) is 34.7 Å². The minimum Gasteiger partial charge on any atom is -0.348 e. The van der Waals surface area contributed by atoms with Crippen LogP contribution in [-0.4, -0.2) is 17.4 Å². The third-order valence-corrected chi connectivity index (χ3v) is 6.25. The third-order valence-electron chi connectivity index (χ3n) is 5.30. The van der Waals surface area contributed by atoms with Crippen LogP contribution in [0.1, 0.15) is 42.5 Å². The lowest BCUT2D eigenvalue weighted by Gasteiger charge is -2.35. The molecule has 1 fully saturated rings. The van der Waals surface area contributed by atoms with Gasteiger partial charge in [-0.1, -0.05) is 36.4 Å². The monoisotopic (exact) mass is 378 g/mol. The van der Waals surface area contributed by atoms with Gasteiger partial charge in [-0.15, -0.1) is 11.3 Å². The lowest BCUT2D eigenvalue weighted by Crippen LogP contribution is -2.40. The Kier molecular flexibility index (Phi) is 5.03. The number of amides is 1. The molecule has 4 rings (SSSR count). The average Bonchev–Trinajstić information content (AvgIpc) is 3.20. The fourth-order valence-electron chi connectivity index (χ4n) is 4.07. The smallest absolute Gasteiger partial charge is 0.249 e. The van der Waals surface area contributed by atoms with Crippen molar-refractivity contribution in [3.05, 3.63) is 69.6 Å². The molecule has 1 aromatic carbocycles. The van der Waals surface area contributed by atoms with E-state index in [1.165, 1.54) is 0 Å². The highest BCUT2D eigenvalue weighted by Gasteiger charge is 2.43. The van der Waals surface area contributed by atoms with E-state index < -0.39 is 0 Å².